The van der Waals surface area contributed by atoms with Gasteiger partial charge < -0.3 is 4.90 Å². The summed E-state index contributed by atoms with van der Waals surface area (Å²) in [6.07, 6.45) is 1.65. The van der Waals surface area contributed by atoms with Gasteiger partial charge in [0.05, 0.1) is 6.04 Å². The fourth-order valence-electron chi connectivity index (χ4n) is 2.97. The molecule has 1 aromatic carbocycles. The van der Waals surface area contributed by atoms with Crippen LogP contribution >= 0.6 is 0 Å². The third kappa shape index (κ3) is 2.01. The van der Waals surface area contributed by atoms with E-state index in [4.69, 9.17) is 5.26 Å². The van der Waals surface area contributed by atoms with E-state index in [1.54, 1.807) is 6.20 Å². The van der Waals surface area contributed by atoms with E-state index in [1.165, 1.54) is 5.56 Å². The number of benzene rings is 1. The molecule has 1 saturated heterocycles. The van der Waals surface area contributed by atoms with Crippen molar-refractivity contribution in [2.24, 2.45) is 5.41 Å². The molecule has 4 nitrogen and oxygen atoms in total. The predicted octanol–water partition coefficient (Wildman–Crippen LogP) is 2.94. The first-order chi connectivity index (χ1) is 9.62. The third-order valence-corrected chi connectivity index (χ3v) is 3.78. The average Bonchev–Trinajstić information content (AvgIpc) is 2.46. The van der Waals surface area contributed by atoms with Crippen molar-refractivity contribution in [2.45, 2.75) is 19.9 Å². The highest BCUT2D eigenvalue weighted by Gasteiger charge is 2.47. The lowest BCUT2D eigenvalue weighted by Crippen LogP contribution is -2.56. The molecule has 0 radical (unpaired) electrons. The maximum atomic E-state index is 8.93. The minimum absolute atomic E-state index is 0.194. The fourth-order valence-corrected chi connectivity index (χ4v) is 2.97. The van der Waals surface area contributed by atoms with Crippen molar-refractivity contribution in [1.29, 1.82) is 5.26 Å². The van der Waals surface area contributed by atoms with Crippen LogP contribution in [0.5, 0.6) is 0 Å². The van der Waals surface area contributed by atoms with Gasteiger partial charge in [0.2, 0.25) is 5.82 Å². The van der Waals surface area contributed by atoms with Gasteiger partial charge in [0.1, 0.15) is 11.9 Å². The summed E-state index contributed by atoms with van der Waals surface area (Å²) in [5, 5.41) is 8.93. The Morgan fingerprint density at radius 3 is 2.65 bits per heavy atom. The smallest absolute Gasteiger partial charge is 0.234 e. The Morgan fingerprint density at radius 2 is 2.00 bits per heavy atom. The third-order valence-electron chi connectivity index (χ3n) is 3.78. The number of rotatable bonds is 2. The van der Waals surface area contributed by atoms with Gasteiger partial charge in [0.25, 0.3) is 0 Å². The summed E-state index contributed by atoms with van der Waals surface area (Å²) in [7, 11) is 0. The highest BCUT2D eigenvalue weighted by molar-refractivity contribution is 5.49. The van der Waals surface area contributed by atoms with Crippen LogP contribution in [-0.2, 0) is 0 Å². The maximum absolute atomic E-state index is 8.93. The Labute approximate surface area is 118 Å². The van der Waals surface area contributed by atoms with Crippen molar-refractivity contribution in [3.05, 3.63) is 54.0 Å². The van der Waals surface area contributed by atoms with Crippen molar-refractivity contribution in [1.82, 2.24) is 9.97 Å². The molecular weight excluding hydrogens is 248 g/mol. The first-order valence-electron chi connectivity index (χ1n) is 6.66. The molecule has 0 saturated carbocycles. The second-order valence-electron chi connectivity index (χ2n) is 5.78. The van der Waals surface area contributed by atoms with Crippen LogP contribution in [-0.4, -0.2) is 16.5 Å². The normalized spacial score (nSPS) is 20.1. The van der Waals surface area contributed by atoms with Gasteiger partial charge in [-0.25, -0.2) is 9.97 Å². The minimum Gasteiger partial charge on any atom is -0.348 e. The standard InChI is InChI=1S/C16H16N4/c1-16(2)11-20(14-8-9-18-13(10-17)19-14)15(16)12-6-4-3-5-7-12/h3-9,15H,11H2,1-2H3. The highest BCUT2D eigenvalue weighted by atomic mass is 15.3. The molecule has 100 valence electrons. The van der Waals surface area contributed by atoms with Crippen molar-refractivity contribution < 1.29 is 0 Å². The lowest BCUT2D eigenvalue weighted by atomic mass is 9.71. The zero-order chi connectivity index (χ0) is 14.2. The van der Waals surface area contributed by atoms with E-state index >= 15 is 0 Å². The molecule has 20 heavy (non-hydrogen) atoms. The summed E-state index contributed by atoms with van der Waals surface area (Å²) < 4.78 is 0. The summed E-state index contributed by atoms with van der Waals surface area (Å²) in [5.41, 5.74) is 1.47. The van der Waals surface area contributed by atoms with Crippen molar-refractivity contribution in [2.75, 3.05) is 11.4 Å². The van der Waals surface area contributed by atoms with Gasteiger partial charge in [0, 0.05) is 18.2 Å². The first kappa shape index (κ1) is 12.6. The molecule has 0 spiro atoms. The van der Waals surface area contributed by atoms with Crippen LogP contribution in [0.15, 0.2) is 42.6 Å². The molecule has 1 fully saturated rings. The van der Waals surface area contributed by atoms with E-state index in [9.17, 15) is 0 Å². The Kier molecular flexibility index (Phi) is 2.90. The Balaban J connectivity index is 1.97. The molecule has 1 unspecified atom stereocenters. The van der Waals surface area contributed by atoms with E-state index in [-0.39, 0.29) is 17.3 Å². The zero-order valence-corrected chi connectivity index (χ0v) is 11.6. The number of hydrogen-bond acceptors (Lipinski definition) is 4. The summed E-state index contributed by atoms with van der Waals surface area (Å²) in [6, 6.07) is 14.6. The van der Waals surface area contributed by atoms with Crippen molar-refractivity contribution in [3.8, 4) is 6.07 Å². The van der Waals surface area contributed by atoms with E-state index < -0.39 is 0 Å². The van der Waals surface area contributed by atoms with Crippen LogP contribution < -0.4 is 4.90 Å². The molecule has 2 aromatic rings. The van der Waals surface area contributed by atoms with Crippen LogP contribution in [0.25, 0.3) is 0 Å². The van der Waals surface area contributed by atoms with Crippen molar-refractivity contribution >= 4 is 5.82 Å². The number of nitrogens with zero attached hydrogens (tertiary/aromatic N) is 4. The monoisotopic (exact) mass is 264 g/mol. The van der Waals surface area contributed by atoms with Crippen molar-refractivity contribution in [3.63, 3.8) is 0 Å². The molecule has 0 aliphatic carbocycles. The SMILES string of the molecule is CC1(C)CN(c2ccnc(C#N)n2)C1c1ccccc1. The van der Waals surface area contributed by atoms with E-state index in [0.29, 0.717) is 0 Å². The fraction of sp³-hybridized carbons (Fsp3) is 0.312. The van der Waals surface area contributed by atoms with Crippen LogP contribution in [0.2, 0.25) is 0 Å². The molecule has 1 aliphatic rings. The van der Waals surface area contributed by atoms with Crippen LogP contribution in [0.3, 0.4) is 0 Å². The summed E-state index contributed by atoms with van der Waals surface area (Å²) >= 11 is 0. The van der Waals surface area contributed by atoms with Gasteiger partial charge >= 0.3 is 0 Å². The first-order valence-corrected chi connectivity index (χ1v) is 6.66. The van der Waals surface area contributed by atoms with Gasteiger partial charge in [-0.2, -0.15) is 5.26 Å². The van der Waals surface area contributed by atoms with Gasteiger partial charge in [-0.3, -0.25) is 0 Å². The lowest BCUT2D eigenvalue weighted by molar-refractivity contribution is 0.178. The van der Waals surface area contributed by atoms with E-state index in [2.05, 4.69) is 53.0 Å². The van der Waals surface area contributed by atoms with Crippen LogP contribution in [0, 0.1) is 16.7 Å². The van der Waals surface area contributed by atoms with Crippen LogP contribution in [0.1, 0.15) is 31.3 Å². The predicted molar refractivity (Wildman–Crippen MR) is 77.1 cm³/mol. The van der Waals surface area contributed by atoms with Crippen LogP contribution in [0.4, 0.5) is 5.82 Å². The second kappa shape index (κ2) is 4.61. The molecule has 4 heteroatoms. The molecule has 2 heterocycles. The molecule has 0 bridgehead atoms. The molecule has 3 rings (SSSR count). The molecule has 0 N–H and O–H groups in total. The largest absolute Gasteiger partial charge is 0.348 e. The van der Waals surface area contributed by atoms with Gasteiger partial charge in [-0.05, 0) is 11.6 Å². The topological polar surface area (TPSA) is 52.8 Å². The average molecular weight is 264 g/mol. The zero-order valence-electron chi connectivity index (χ0n) is 11.6. The summed E-state index contributed by atoms with van der Waals surface area (Å²) in [6.45, 7) is 5.44. The highest BCUT2D eigenvalue weighted by Crippen LogP contribution is 2.49. The Hall–Kier alpha value is -2.41. The summed E-state index contributed by atoms with van der Waals surface area (Å²) in [4.78, 5) is 10.5. The van der Waals surface area contributed by atoms with Gasteiger partial charge in [0.15, 0.2) is 0 Å². The molecule has 1 atom stereocenters. The summed E-state index contributed by atoms with van der Waals surface area (Å²) in [5.74, 6) is 1.05. The van der Waals surface area contributed by atoms with Gasteiger partial charge in [-0.15, -0.1) is 0 Å². The van der Waals surface area contributed by atoms with Gasteiger partial charge in [-0.1, -0.05) is 44.2 Å². The second-order valence-corrected chi connectivity index (χ2v) is 5.78. The Bertz CT molecular complexity index is 658. The lowest BCUT2D eigenvalue weighted by Gasteiger charge is -2.55. The number of aromatic nitrogens is 2. The maximum Gasteiger partial charge on any atom is 0.234 e. The number of nitriles is 1. The molecule has 1 aliphatic heterocycles. The molecule has 1 aromatic heterocycles. The molecule has 0 amide bonds. The van der Waals surface area contributed by atoms with E-state index in [1.807, 2.05) is 18.2 Å². The molecular formula is C16H16N4. The quantitative estimate of drug-likeness (QED) is 0.836. The minimum atomic E-state index is 0.194. The number of anilines is 1. The Morgan fingerprint density at radius 1 is 1.25 bits per heavy atom. The van der Waals surface area contributed by atoms with E-state index in [0.717, 1.165) is 12.4 Å². The number of hydrogen-bond donors (Lipinski definition) is 0.